The van der Waals surface area contributed by atoms with Gasteiger partial charge in [0.1, 0.15) is 0 Å². The van der Waals surface area contributed by atoms with E-state index in [2.05, 4.69) is 66.1 Å². The number of hydrazone groups is 2. The van der Waals surface area contributed by atoms with Crippen molar-refractivity contribution in [2.75, 3.05) is 36.0 Å². The molecule has 0 unspecified atom stereocenters. The monoisotopic (exact) mass is 2030 g/mol. The van der Waals surface area contributed by atoms with E-state index in [9.17, 15) is 28.8 Å². The van der Waals surface area contributed by atoms with E-state index in [0.717, 1.165) is 4.68 Å². The van der Waals surface area contributed by atoms with Crippen LogP contribution in [-0.4, -0.2) is 127 Å². The number of alkyl halides is 12. The second kappa shape index (κ2) is 48.0. The maximum absolute atomic E-state index is 12.5. The molecule has 0 fully saturated rings. The lowest BCUT2D eigenvalue weighted by atomic mass is 10.3. The summed E-state index contributed by atoms with van der Waals surface area (Å²) in [5, 5.41) is 33.2. The standard InChI is InChI=1S/C16H8Cl6N4O.C12H8Cl5N3O2.C10H4Cl5N3O2.C10H9Cl3N2O2.C10H11Cl2N3O2.C2Cl4O.CH4.B/c17-9-6-5-8(7-11(9)19)26-15(16(20,21)22)24-13(25-26)14(27)23-12-4-2-1-3-10(12)18;1-2-22-10(21)9-18-11(12(15,16)17)20(19-9)6-3-4-7(13)8(14)5-6;11-5-2-1-4(3-6(5)12)18-9(10(13,14)15)16-7(17-18)8(19)20;2*1-2-17-10(16)9(13)15-14-6-3-4-7(11)8(12)5-6;3-1(7)2(4,5)6;;/h1-7H,(H,23,27);3-5H,2H2,1H3;1-3H,(H,19,20);3-5,14H,2H2,1H3;3-5,14H,2H2,1H3,(H2,13,15);;1H4;/b;;;15-9-;;;;. The predicted molar refractivity (Wildman–Crippen MR) is 456 cm³/mol. The fourth-order valence-corrected chi connectivity index (χ4v) is 9.80. The van der Waals surface area contributed by atoms with Gasteiger partial charge in [0.15, 0.2) is 17.5 Å². The molecule has 1 amide bonds. The highest BCUT2D eigenvalue weighted by Crippen LogP contribution is 2.42. The Labute approximate surface area is 763 Å². The number of carboxylic acids is 1. The third-order valence-corrected chi connectivity index (χ3v) is 18.5. The first-order chi connectivity index (χ1) is 51.1. The highest BCUT2D eigenvalue weighted by molar-refractivity contribution is 6.88. The number of carbonyl (C=O) groups is 6. The number of benzene rings is 6. The van der Waals surface area contributed by atoms with Gasteiger partial charge in [-0.15, -0.1) is 20.4 Å². The number of aromatic nitrogens is 9. The summed E-state index contributed by atoms with van der Waals surface area (Å²) in [5.74, 6) is -5.62. The van der Waals surface area contributed by atoms with Gasteiger partial charge in [-0.3, -0.25) is 20.4 Å². The van der Waals surface area contributed by atoms with Crippen molar-refractivity contribution in [1.82, 2.24) is 44.3 Å². The number of hydrogen-bond acceptors (Lipinski definition) is 19. The molecule has 0 aliphatic carbocycles. The molecule has 9 rings (SSSR count). The zero-order valence-electron chi connectivity index (χ0n) is 54.7. The molecule has 3 aromatic heterocycles. The zero-order chi connectivity index (χ0) is 83.1. The van der Waals surface area contributed by atoms with Crippen LogP contribution < -0.4 is 21.9 Å². The first-order valence-electron chi connectivity index (χ1n) is 28.7. The molecule has 0 aliphatic rings. The minimum Gasteiger partial charge on any atom is -0.475 e. The Morgan fingerprint density at radius 2 is 0.777 bits per heavy atom. The Hall–Kier alpha value is -4.19. The van der Waals surface area contributed by atoms with Gasteiger partial charge in [0.05, 0.1) is 109 Å². The van der Waals surface area contributed by atoms with E-state index >= 15 is 0 Å². The quantitative estimate of drug-likeness (QED) is 0.00930. The minimum atomic E-state index is -1.96. The van der Waals surface area contributed by atoms with Crippen LogP contribution in [0.15, 0.2) is 125 Å². The summed E-state index contributed by atoms with van der Waals surface area (Å²) in [5.41, 5.74) is 13.2. The molecule has 0 spiro atoms. The summed E-state index contributed by atoms with van der Waals surface area (Å²) in [4.78, 5) is 79.0. The van der Waals surface area contributed by atoms with Gasteiger partial charge in [-0.25, -0.2) is 48.2 Å². The van der Waals surface area contributed by atoms with E-state index in [0.29, 0.717) is 74.3 Å². The smallest absolute Gasteiger partial charge is 0.378 e. The molecule has 25 nitrogen and oxygen atoms in total. The highest BCUT2D eigenvalue weighted by Gasteiger charge is 2.36. The van der Waals surface area contributed by atoms with Crippen LogP contribution in [-0.2, 0) is 40.0 Å². The van der Waals surface area contributed by atoms with E-state index in [1.807, 2.05) is 0 Å². The number of amides is 1. The van der Waals surface area contributed by atoms with Crippen molar-refractivity contribution in [3.05, 3.63) is 205 Å². The van der Waals surface area contributed by atoms with Crippen LogP contribution in [0.1, 0.15) is 77.5 Å². The number of nitrogens with two attached hydrogens (primary N) is 1. The number of carbonyl (C=O) groups excluding carboxylic acids is 5. The number of esters is 3. The van der Waals surface area contributed by atoms with Crippen molar-refractivity contribution >= 4 is 362 Å². The number of hydrogen-bond donors (Lipinski definition) is 5. The SMILES string of the molecule is C.CCOC(=O)/C(Cl)=N/Nc1ccc(Cl)c(Cl)c1.CCOC(=O)/C(N)=N/Nc1ccc(Cl)c(Cl)c1.CCOC(=O)c1nc(C(Cl)(Cl)Cl)n(-c2ccc(Cl)c(Cl)c2)n1.O=C(Cl)C(Cl)(Cl)Cl.O=C(Nc1ccccc1Cl)c1nc(C(Cl)(Cl)Cl)n(-c2ccc(Cl)c(Cl)c2)n1.O=C(O)c1nc(C(Cl)(Cl)Cl)n(-c2ccc(Cl)c(Cl)c2)n1.[B]. The van der Waals surface area contributed by atoms with E-state index in [4.69, 9.17) is 306 Å². The van der Waals surface area contributed by atoms with E-state index in [-0.39, 0.29) is 90.9 Å². The Morgan fingerprint density at radius 1 is 0.446 bits per heavy atom. The van der Waals surface area contributed by atoms with Gasteiger partial charge in [-0.1, -0.05) is 298 Å². The van der Waals surface area contributed by atoms with Gasteiger partial charge >= 0.3 is 23.9 Å². The van der Waals surface area contributed by atoms with Crippen molar-refractivity contribution in [3.8, 4) is 17.1 Å². The number of ether oxygens (including phenoxy) is 3. The molecule has 0 saturated heterocycles. The largest absolute Gasteiger partial charge is 0.475 e. The predicted octanol–water partition coefficient (Wildman–Crippen LogP) is 23.1. The summed E-state index contributed by atoms with van der Waals surface area (Å²) >= 11 is 143. The van der Waals surface area contributed by atoms with Crippen LogP contribution in [0.4, 0.5) is 17.1 Å². The second-order valence-electron chi connectivity index (χ2n) is 19.4. The molecule has 6 aromatic carbocycles. The minimum absolute atomic E-state index is 0. The van der Waals surface area contributed by atoms with Gasteiger partial charge < -0.3 is 30.4 Å². The molecule has 3 heterocycles. The average Bonchev–Trinajstić information content (AvgIpc) is 1.65. The summed E-state index contributed by atoms with van der Waals surface area (Å²) in [7, 11) is 0. The van der Waals surface area contributed by atoms with Crippen molar-refractivity contribution < 1.29 is 48.1 Å². The number of rotatable bonds is 15. The summed E-state index contributed by atoms with van der Waals surface area (Å²) < 4.78 is 9.87. The number of carboxylic acid groups (broad SMARTS) is 1. The Balaban J connectivity index is 0.000000467. The van der Waals surface area contributed by atoms with Gasteiger partial charge in [0.25, 0.3) is 26.6 Å². The number of aromatic carboxylic acids is 1. The zero-order valence-corrected chi connectivity index (χ0v) is 73.6. The van der Waals surface area contributed by atoms with E-state index in [1.165, 1.54) is 39.7 Å². The van der Waals surface area contributed by atoms with Gasteiger partial charge in [0.2, 0.25) is 28.2 Å². The third-order valence-electron chi connectivity index (χ3n) is 11.6. The van der Waals surface area contributed by atoms with Crippen molar-refractivity contribution in [2.45, 2.75) is 43.4 Å². The molecule has 0 saturated carbocycles. The fourth-order valence-electron chi connectivity index (χ4n) is 6.94. The fraction of sp³-hybridized carbons (Fsp3) is 0.180. The number of halogens is 25. The molecule has 3 radical (unpaired) electrons. The Kier molecular flexibility index (Phi) is 44.5. The number of nitrogens with one attached hydrogen (secondary N) is 3. The number of amidine groups is 1. The van der Waals surface area contributed by atoms with Crippen molar-refractivity contribution in [3.63, 3.8) is 0 Å². The number of nitrogens with zero attached hydrogens (tertiary/aromatic N) is 11. The summed E-state index contributed by atoms with van der Waals surface area (Å²) in [6.07, 6.45) is 0. The van der Waals surface area contributed by atoms with E-state index < -0.39 is 56.0 Å². The van der Waals surface area contributed by atoms with Crippen molar-refractivity contribution in [1.29, 1.82) is 0 Å². The van der Waals surface area contributed by atoms with Crippen LogP contribution in [0.2, 0.25) is 55.2 Å². The van der Waals surface area contributed by atoms with Gasteiger partial charge in [-0.05, 0) is 136 Å². The maximum atomic E-state index is 12.5. The third kappa shape index (κ3) is 33.3. The Bertz CT molecular complexity index is 4760. The molecule has 0 atom stereocenters. The number of anilines is 3. The number of para-hydroxylation sites is 1. The van der Waals surface area contributed by atoms with Crippen LogP contribution in [0.25, 0.3) is 17.1 Å². The molecule has 9 aromatic rings. The molecular formula is C61H44BCl25N15O10. The van der Waals surface area contributed by atoms with Crippen LogP contribution in [0, 0.1) is 0 Å². The normalized spacial score (nSPS) is 11.2. The lowest BCUT2D eigenvalue weighted by Crippen LogP contribution is -2.27. The van der Waals surface area contributed by atoms with Crippen LogP contribution in [0.3, 0.4) is 0 Å². The summed E-state index contributed by atoms with van der Waals surface area (Å²) in [6, 6.07) is 30.1. The van der Waals surface area contributed by atoms with Crippen LogP contribution in [0.5, 0.6) is 0 Å². The van der Waals surface area contributed by atoms with E-state index in [1.54, 1.807) is 106 Å². The summed E-state index contributed by atoms with van der Waals surface area (Å²) in [6.45, 7) is 5.65. The molecule has 0 aliphatic heterocycles. The lowest BCUT2D eigenvalue weighted by molar-refractivity contribution is -0.135. The van der Waals surface area contributed by atoms with Crippen molar-refractivity contribution in [2.24, 2.45) is 15.9 Å². The molecular weight excluding hydrogens is 2000 g/mol. The average molecular weight is 2040 g/mol. The van der Waals surface area contributed by atoms with Gasteiger partial charge in [0, 0.05) is 8.41 Å². The molecule has 601 valence electrons. The van der Waals surface area contributed by atoms with Crippen LogP contribution >= 0.6 is 290 Å². The molecule has 51 heteroatoms. The topological polar surface area (TPSA) is 329 Å². The molecule has 0 bridgehead atoms. The second-order valence-corrected chi connectivity index (χ2v) is 33.7. The molecule has 112 heavy (non-hydrogen) atoms. The highest BCUT2D eigenvalue weighted by atomic mass is 35.6. The maximum Gasteiger partial charge on any atom is 0.378 e. The first kappa shape index (κ1) is 104. The first-order valence-corrected chi connectivity index (χ1v) is 38.1. The Morgan fingerprint density at radius 3 is 1.12 bits per heavy atom. The molecule has 6 N–H and O–H groups in total. The van der Waals surface area contributed by atoms with Gasteiger partial charge in [-0.2, -0.15) is 5.10 Å². The lowest BCUT2D eigenvalue weighted by Gasteiger charge is -2.12.